The molecule has 0 radical (unpaired) electrons. The van der Waals surface area contributed by atoms with Gasteiger partial charge in [0.2, 0.25) is 5.91 Å². The van der Waals surface area contributed by atoms with Crippen molar-refractivity contribution < 1.29 is 23.9 Å². The minimum Gasteiger partial charge on any atom is -0.465 e. The summed E-state index contributed by atoms with van der Waals surface area (Å²) in [7, 11) is 2.85. The number of benzene rings is 1. The van der Waals surface area contributed by atoms with Gasteiger partial charge in [-0.15, -0.1) is 11.3 Å². The Kier molecular flexibility index (Phi) is 7.46. The predicted molar refractivity (Wildman–Crippen MR) is 118 cm³/mol. The molecule has 10 heteroatoms. The maximum absolute atomic E-state index is 12.5. The van der Waals surface area contributed by atoms with E-state index in [9.17, 15) is 14.4 Å². The van der Waals surface area contributed by atoms with E-state index in [4.69, 9.17) is 9.47 Å². The van der Waals surface area contributed by atoms with Crippen LogP contribution in [0, 0.1) is 0 Å². The van der Waals surface area contributed by atoms with Crippen molar-refractivity contribution in [2.24, 2.45) is 0 Å². The molecule has 0 atom stereocenters. The van der Waals surface area contributed by atoms with Gasteiger partial charge >= 0.3 is 5.97 Å². The fourth-order valence-corrected chi connectivity index (χ4v) is 4.41. The van der Waals surface area contributed by atoms with Crippen LogP contribution in [-0.2, 0) is 14.3 Å². The molecule has 2 heterocycles. The molecule has 1 aliphatic rings. The maximum Gasteiger partial charge on any atom is 0.340 e. The van der Waals surface area contributed by atoms with E-state index in [2.05, 4.69) is 26.1 Å². The molecule has 0 saturated carbocycles. The third kappa shape index (κ3) is 5.38. The van der Waals surface area contributed by atoms with Crippen LogP contribution in [0.1, 0.15) is 20.0 Å². The van der Waals surface area contributed by atoms with Crippen LogP contribution in [0.4, 0.5) is 11.4 Å². The highest BCUT2D eigenvalue weighted by Gasteiger charge is 2.21. The lowest BCUT2D eigenvalue weighted by Crippen LogP contribution is -2.36. The Balaban J connectivity index is 1.71. The number of carbonyl (C=O) groups excluding carboxylic acids is 3. The van der Waals surface area contributed by atoms with Gasteiger partial charge in [0.15, 0.2) is 0 Å². The minimum atomic E-state index is -0.548. The van der Waals surface area contributed by atoms with Crippen molar-refractivity contribution in [2.45, 2.75) is 0 Å². The number of rotatable bonds is 6. The zero-order chi connectivity index (χ0) is 21.7. The molecule has 3 rings (SSSR count). The maximum atomic E-state index is 12.5. The number of esters is 1. The highest BCUT2D eigenvalue weighted by atomic mass is 79.9. The van der Waals surface area contributed by atoms with Gasteiger partial charge < -0.3 is 24.6 Å². The summed E-state index contributed by atoms with van der Waals surface area (Å²) in [6, 6.07) is 8.69. The number of anilines is 2. The number of methoxy groups -OCH3 is 1. The van der Waals surface area contributed by atoms with E-state index in [0.29, 0.717) is 23.8 Å². The van der Waals surface area contributed by atoms with Gasteiger partial charge in [-0.25, -0.2) is 4.79 Å². The summed E-state index contributed by atoms with van der Waals surface area (Å²) in [5.74, 6) is -1.21. The number of hydrogen-bond acceptors (Lipinski definition) is 7. The zero-order valence-corrected chi connectivity index (χ0v) is 19.0. The van der Waals surface area contributed by atoms with Crippen molar-refractivity contribution in [1.82, 2.24) is 4.90 Å². The quantitative estimate of drug-likeness (QED) is 0.619. The third-order valence-electron chi connectivity index (χ3n) is 4.57. The van der Waals surface area contributed by atoms with Gasteiger partial charge in [-0.2, -0.15) is 0 Å². The second-order valence-corrected chi connectivity index (χ2v) is 9.10. The van der Waals surface area contributed by atoms with Gasteiger partial charge in [-0.1, -0.05) is 0 Å². The second kappa shape index (κ2) is 10.1. The Bertz CT molecular complexity index is 942. The average molecular weight is 496 g/mol. The lowest BCUT2D eigenvalue weighted by atomic mass is 10.1. The molecule has 1 aliphatic heterocycles. The molecule has 1 fully saturated rings. The molecule has 0 unspecified atom stereocenters. The van der Waals surface area contributed by atoms with E-state index in [-0.39, 0.29) is 18.0 Å². The smallest absolute Gasteiger partial charge is 0.340 e. The van der Waals surface area contributed by atoms with Crippen molar-refractivity contribution in [1.29, 1.82) is 0 Å². The molecule has 160 valence electrons. The third-order valence-corrected chi connectivity index (χ3v) is 6.18. The first kappa shape index (κ1) is 22.3. The summed E-state index contributed by atoms with van der Waals surface area (Å²) in [5.41, 5.74) is 1.45. The van der Waals surface area contributed by atoms with Crippen LogP contribution in [0.2, 0.25) is 0 Å². The van der Waals surface area contributed by atoms with Crippen molar-refractivity contribution in [3.63, 3.8) is 0 Å². The van der Waals surface area contributed by atoms with Gasteiger partial charge in [0.25, 0.3) is 5.91 Å². The lowest BCUT2D eigenvalue weighted by molar-refractivity contribution is -0.116. The predicted octanol–water partition coefficient (Wildman–Crippen LogP) is 2.84. The molecule has 0 spiro atoms. The number of nitrogens with one attached hydrogen (secondary N) is 1. The van der Waals surface area contributed by atoms with Gasteiger partial charge in [-0.05, 0) is 46.3 Å². The minimum absolute atomic E-state index is 0.153. The van der Waals surface area contributed by atoms with E-state index < -0.39 is 11.9 Å². The molecule has 0 bridgehead atoms. The summed E-state index contributed by atoms with van der Waals surface area (Å²) in [4.78, 5) is 41.2. The van der Waals surface area contributed by atoms with Crippen molar-refractivity contribution in [2.75, 3.05) is 57.2 Å². The van der Waals surface area contributed by atoms with Crippen LogP contribution in [0.3, 0.4) is 0 Å². The highest BCUT2D eigenvalue weighted by molar-refractivity contribution is 9.11. The molecule has 2 aromatic rings. The topological polar surface area (TPSA) is 88.2 Å². The Hall–Kier alpha value is -2.43. The lowest BCUT2D eigenvalue weighted by Gasteiger charge is -2.29. The van der Waals surface area contributed by atoms with Crippen molar-refractivity contribution >= 4 is 56.4 Å². The zero-order valence-electron chi connectivity index (χ0n) is 16.6. The first-order valence-corrected chi connectivity index (χ1v) is 10.9. The molecule has 1 aromatic carbocycles. The molecule has 1 aromatic heterocycles. The monoisotopic (exact) mass is 495 g/mol. The second-order valence-electron chi connectivity index (χ2n) is 6.63. The van der Waals surface area contributed by atoms with Crippen molar-refractivity contribution in [3.8, 4) is 0 Å². The van der Waals surface area contributed by atoms with Crippen LogP contribution < -0.4 is 10.2 Å². The molecule has 2 amide bonds. The first-order valence-electron chi connectivity index (χ1n) is 9.24. The van der Waals surface area contributed by atoms with Crippen molar-refractivity contribution in [3.05, 3.63) is 44.6 Å². The number of nitrogens with zero attached hydrogens (tertiary/aromatic N) is 2. The number of amides is 2. The molecular weight excluding hydrogens is 474 g/mol. The largest absolute Gasteiger partial charge is 0.465 e. The summed E-state index contributed by atoms with van der Waals surface area (Å²) < 4.78 is 11.1. The van der Waals surface area contributed by atoms with Crippen LogP contribution in [0.5, 0.6) is 0 Å². The van der Waals surface area contributed by atoms with Crippen LogP contribution >= 0.6 is 27.3 Å². The standard InChI is InChI=1S/C20H22BrN3O5S/c1-23(19(26)16-5-6-17(21)30-16)12-18(25)22-15-4-3-13(11-14(15)20(27)28-2)24-7-9-29-10-8-24/h3-6,11H,7-10,12H2,1-2H3,(H,22,25). The first-order chi connectivity index (χ1) is 14.4. The fourth-order valence-electron chi connectivity index (χ4n) is 3.03. The molecule has 1 N–H and O–H groups in total. The van der Waals surface area contributed by atoms with Gasteiger partial charge in [0, 0.05) is 25.8 Å². The fraction of sp³-hybridized carbons (Fsp3) is 0.350. The Morgan fingerprint density at radius 3 is 2.60 bits per heavy atom. The Morgan fingerprint density at radius 1 is 1.23 bits per heavy atom. The summed E-state index contributed by atoms with van der Waals surface area (Å²) in [6.07, 6.45) is 0. The summed E-state index contributed by atoms with van der Waals surface area (Å²) in [6.45, 7) is 2.52. The number of likely N-dealkylation sites (N-methyl/N-ethyl adjacent to an activating group) is 1. The van der Waals surface area contributed by atoms with E-state index in [1.807, 2.05) is 6.07 Å². The van der Waals surface area contributed by atoms with E-state index >= 15 is 0 Å². The van der Waals surface area contributed by atoms with Gasteiger partial charge in [0.05, 0.1) is 46.8 Å². The number of halogens is 1. The average Bonchev–Trinajstić information content (AvgIpc) is 3.19. The van der Waals surface area contributed by atoms with Gasteiger partial charge in [-0.3, -0.25) is 9.59 Å². The van der Waals surface area contributed by atoms with Gasteiger partial charge in [0.1, 0.15) is 0 Å². The van der Waals surface area contributed by atoms with Crippen LogP contribution in [0.25, 0.3) is 0 Å². The molecular formula is C20H22BrN3O5S. The van der Waals surface area contributed by atoms with E-state index in [1.54, 1.807) is 31.3 Å². The summed E-state index contributed by atoms with van der Waals surface area (Å²) in [5, 5.41) is 2.72. The number of hydrogen-bond donors (Lipinski definition) is 1. The van der Waals surface area contributed by atoms with Crippen LogP contribution in [0.15, 0.2) is 34.1 Å². The van der Waals surface area contributed by atoms with E-state index in [0.717, 1.165) is 22.6 Å². The molecule has 30 heavy (non-hydrogen) atoms. The normalized spacial score (nSPS) is 13.6. The molecule has 8 nitrogen and oxygen atoms in total. The highest BCUT2D eigenvalue weighted by Crippen LogP contribution is 2.26. The number of ether oxygens (including phenoxy) is 2. The number of carbonyl (C=O) groups is 3. The Morgan fingerprint density at radius 2 is 1.97 bits per heavy atom. The Labute approximate surface area is 186 Å². The number of morpholine rings is 1. The molecule has 0 aliphatic carbocycles. The van der Waals surface area contributed by atoms with Crippen LogP contribution in [-0.4, -0.2) is 69.7 Å². The van der Waals surface area contributed by atoms with E-state index in [1.165, 1.54) is 23.3 Å². The number of thiophene rings is 1. The summed E-state index contributed by atoms with van der Waals surface area (Å²) >= 11 is 4.62. The SMILES string of the molecule is COC(=O)c1cc(N2CCOCC2)ccc1NC(=O)CN(C)C(=O)c1ccc(Br)s1. The molecule has 1 saturated heterocycles.